The van der Waals surface area contributed by atoms with Crippen molar-refractivity contribution in [3.8, 4) is 0 Å². The van der Waals surface area contributed by atoms with Crippen LogP contribution in [-0.2, 0) is 0 Å². The molecule has 0 unspecified atom stereocenters. The Kier molecular flexibility index (Phi) is 10.8. The van der Waals surface area contributed by atoms with Crippen molar-refractivity contribution in [1.82, 2.24) is 0 Å². The van der Waals surface area contributed by atoms with Gasteiger partial charge in [-0.2, -0.15) is 0 Å². The lowest BCUT2D eigenvalue weighted by atomic mass is 9.66. The molecule has 4 heteroatoms. The number of rotatable bonds is 10. The first-order chi connectivity index (χ1) is 10.6. The quantitative estimate of drug-likeness (QED) is 0.188. The van der Waals surface area contributed by atoms with Gasteiger partial charge < -0.3 is 0 Å². The molecule has 1 aliphatic rings. The van der Waals surface area contributed by atoms with E-state index in [2.05, 4.69) is 88.9 Å². The van der Waals surface area contributed by atoms with E-state index < -0.39 is 0 Å². The molecule has 0 bridgehead atoms. The van der Waals surface area contributed by atoms with E-state index in [-0.39, 0.29) is 5.41 Å². The van der Waals surface area contributed by atoms with Crippen LogP contribution in [0.4, 0.5) is 0 Å². The lowest BCUT2D eigenvalue weighted by molar-refractivity contribution is 0.241. The van der Waals surface area contributed by atoms with Crippen LogP contribution < -0.4 is 0 Å². The lowest BCUT2D eigenvalue weighted by Gasteiger charge is -2.44. The van der Waals surface area contributed by atoms with Gasteiger partial charge in [-0.1, -0.05) is 114 Å². The van der Waals surface area contributed by atoms with Gasteiger partial charge in [0.05, 0.1) is 0 Å². The third-order valence-corrected chi connectivity index (χ3v) is 9.07. The summed E-state index contributed by atoms with van der Waals surface area (Å²) >= 11 is 15.0. The van der Waals surface area contributed by atoms with Crippen molar-refractivity contribution in [2.75, 3.05) is 21.3 Å². The zero-order valence-electron chi connectivity index (χ0n) is 13.5. The van der Waals surface area contributed by atoms with Gasteiger partial charge in [0.1, 0.15) is 0 Å². The summed E-state index contributed by atoms with van der Waals surface area (Å²) in [6.07, 6.45) is 16.2. The van der Waals surface area contributed by atoms with Crippen molar-refractivity contribution in [3.05, 3.63) is 23.8 Å². The molecule has 22 heavy (non-hydrogen) atoms. The maximum atomic E-state index is 3.76. The average Bonchev–Trinajstić information content (AvgIpc) is 2.57. The highest BCUT2D eigenvalue weighted by molar-refractivity contribution is 9.10. The summed E-state index contributed by atoms with van der Waals surface area (Å²) < 4.78 is 0. The van der Waals surface area contributed by atoms with Gasteiger partial charge in [0.2, 0.25) is 0 Å². The fraction of sp³-hybridized carbons (Fsp3) is 0.778. The molecule has 0 fully saturated rings. The number of hydrogen-bond acceptors (Lipinski definition) is 0. The minimum absolute atomic E-state index is 0.224. The van der Waals surface area contributed by atoms with Crippen LogP contribution in [0.1, 0.15) is 51.9 Å². The second-order valence-corrected chi connectivity index (χ2v) is 8.96. The van der Waals surface area contributed by atoms with E-state index in [1.165, 1.54) is 44.1 Å². The van der Waals surface area contributed by atoms with E-state index in [1.54, 1.807) is 0 Å². The maximum absolute atomic E-state index is 3.76. The van der Waals surface area contributed by atoms with Crippen LogP contribution in [0.2, 0.25) is 0 Å². The Morgan fingerprint density at radius 2 is 1.68 bits per heavy atom. The van der Waals surface area contributed by atoms with E-state index >= 15 is 0 Å². The molecule has 0 atom stereocenters. The second-order valence-electron chi connectivity index (χ2n) is 6.72. The fourth-order valence-electron chi connectivity index (χ4n) is 3.20. The predicted molar refractivity (Wildman–Crippen MR) is 115 cm³/mol. The van der Waals surface area contributed by atoms with Gasteiger partial charge in [-0.05, 0) is 31.1 Å². The number of alkyl halides is 4. The summed E-state index contributed by atoms with van der Waals surface area (Å²) in [6, 6.07) is 0. The van der Waals surface area contributed by atoms with Crippen LogP contribution in [-0.4, -0.2) is 21.3 Å². The van der Waals surface area contributed by atoms with E-state index in [9.17, 15) is 0 Å². The number of halogens is 4. The largest absolute Gasteiger partial charge is 0.0922 e. The zero-order chi connectivity index (χ0) is 16.5. The van der Waals surface area contributed by atoms with Crippen LogP contribution in [0.15, 0.2) is 23.8 Å². The maximum Gasteiger partial charge on any atom is 0.0131 e. The Bertz CT molecular complexity index is 365. The molecule has 128 valence electrons. The van der Waals surface area contributed by atoms with Gasteiger partial charge in [-0.3, -0.25) is 0 Å². The third kappa shape index (κ3) is 6.37. The smallest absolute Gasteiger partial charge is 0.0131 e. The molecule has 0 saturated carbocycles. The molecule has 0 aliphatic heterocycles. The van der Waals surface area contributed by atoms with Crippen LogP contribution in [0.5, 0.6) is 0 Å². The average molecular weight is 564 g/mol. The molecular weight excluding hydrogens is 536 g/mol. The van der Waals surface area contributed by atoms with E-state index in [4.69, 9.17) is 0 Å². The molecule has 0 aromatic rings. The molecule has 1 aliphatic carbocycles. The van der Waals surface area contributed by atoms with E-state index in [1.807, 2.05) is 0 Å². The number of unbranched alkanes of at least 4 members (excludes halogenated alkanes) is 4. The molecule has 0 aromatic carbocycles. The van der Waals surface area contributed by atoms with Crippen LogP contribution >= 0.6 is 63.7 Å². The molecular formula is C18H28Br4. The highest BCUT2D eigenvalue weighted by Gasteiger charge is 2.42. The van der Waals surface area contributed by atoms with Gasteiger partial charge in [-0.25, -0.2) is 0 Å². The first kappa shape index (κ1) is 21.4. The molecule has 0 spiro atoms. The van der Waals surface area contributed by atoms with Gasteiger partial charge in [0.15, 0.2) is 0 Å². The van der Waals surface area contributed by atoms with Crippen molar-refractivity contribution in [2.24, 2.45) is 10.8 Å². The lowest BCUT2D eigenvalue weighted by Crippen LogP contribution is -2.39. The number of allylic oxidation sites excluding steroid dienone is 4. The Labute approximate surface area is 170 Å². The summed E-state index contributed by atoms with van der Waals surface area (Å²) in [6.45, 7) is 2.27. The van der Waals surface area contributed by atoms with Crippen molar-refractivity contribution in [1.29, 1.82) is 0 Å². The van der Waals surface area contributed by atoms with Crippen LogP contribution in [0, 0.1) is 10.8 Å². The molecule has 0 heterocycles. The second kappa shape index (κ2) is 11.1. The third-order valence-electron chi connectivity index (χ3n) is 4.45. The minimum atomic E-state index is 0.224. The van der Waals surface area contributed by atoms with Gasteiger partial charge in [0, 0.05) is 26.7 Å². The molecule has 0 saturated heterocycles. The standard InChI is InChI=1S/C18H28Br4/c1-2-3-4-5-6-7-8-16-9-17(12-19,13-20)11-18(10-16,14-21)15-22/h7-9H,2-6,10-15H2,1H3. The Morgan fingerprint density at radius 3 is 2.23 bits per heavy atom. The molecule has 0 aromatic heterocycles. The van der Waals surface area contributed by atoms with Crippen molar-refractivity contribution in [2.45, 2.75) is 51.9 Å². The Balaban J connectivity index is 2.77. The Morgan fingerprint density at radius 1 is 1.00 bits per heavy atom. The summed E-state index contributed by atoms with van der Waals surface area (Å²) in [4.78, 5) is 0. The molecule has 1 rings (SSSR count). The topological polar surface area (TPSA) is 0 Å². The van der Waals surface area contributed by atoms with Crippen LogP contribution in [0.3, 0.4) is 0 Å². The SMILES string of the molecule is CCCCCCC=CC1=CC(CBr)(CBr)CC(CBr)(CBr)C1. The normalized spacial score (nSPS) is 20.3. The summed E-state index contributed by atoms with van der Waals surface area (Å²) in [5, 5.41) is 4.13. The fourth-order valence-corrected chi connectivity index (χ4v) is 6.57. The van der Waals surface area contributed by atoms with Crippen molar-refractivity contribution < 1.29 is 0 Å². The van der Waals surface area contributed by atoms with Crippen molar-refractivity contribution in [3.63, 3.8) is 0 Å². The highest BCUT2D eigenvalue weighted by Crippen LogP contribution is 2.49. The van der Waals surface area contributed by atoms with Gasteiger partial charge >= 0.3 is 0 Å². The molecule has 0 N–H and O–H groups in total. The number of hydrogen-bond donors (Lipinski definition) is 0. The highest BCUT2D eigenvalue weighted by atomic mass is 79.9. The van der Waals surface area contributed by atoms with Crippen LogP contribution in [0.25, 0.3) is 0 Å². The first-order valence-electron chi connectivity index (χ1n) is 8.21. The molecule has 0 radical (unpaired) electrons. The summed E-state index contributed by atoms with van der Waals surface area (Å²) in [5.74, 6) is 0. The monoisotopic (exact) mass is 560 g/mol. The predicted octanol–water partition coefficient (Wildman–Crippen LogP) is 7.79. The zero-order valence-corrected chi connectivity index (χ0v) is 19.9. The van der Waals surface area contributed by atoms with Crippen molar-refractivity contribution >= 4 is 63.7 Å². The minimum Gasteiger partial charge on any atom is -0.0922 e. The molecule has 0 amide bonds. The van der Waals surface area contributed by atoms with Gasteiger partial charge in [0.25, 0.3) is 0 Å². The summed E-state index contributed by atoms with van der Waals surface area (Å²) in [5.41, 5.74) is 2.04. The van der Waals surface area contributed by atoms with Gasteiger partial charge in [-0.15, -0.1) is 0 Å². The van der Waals surface area contributed by atoms with E-state index in [0.29, 0.717) is 5.41 Å². The first-order valence-corrected chi connectivity index (χ1v) is 12.7. The molecule has 0 nitrogen and oxygen atoms in total. The summed E-state index contributed by atoms with van der Waals surface area (Å²) in [7, 11) is 0. The Hall–Kier alpha value is 1.40. The van der Waals surface area contributed by atoms with E-state index in [0.717, 1.165) is 27.7 Å².